The van der Waals surface area contributed by atoms with Crippen molar-refractivity contribution in [2.24, 2.45) is 0 Å². The normalized spacial score (nSPS) is 14.1. The number of halogens is 3. The Morgan fingerprint density at radius 3 is 2.68 bits per heavy atom. The van der Waals surface area contributed by atoms with Crippen LogP contribution in [0.1, 0.15) is 16.7 Å². The number of ether oxygens (including phenoxy) is 1. The molecule has 6 heteroatoms. The van der Waals surface area contributed by atoms with Crippen LogP contribution in [-0.2, 0) is 11.4 Å². The van der Waals surface area contributed by atoms with Gasteiger partial charge >= 0.3 is 0 Å². The molecule has 0 aliphatic carbocycles. The Hall–Kier alpha value is -2.27. The van der Waals surface area contributed by atoms with Crippen molar-refractivity contribution in [2.75, 3.05) is 5.32 Å². The summed E-state index contributed by atoms with van der Waals surface area (Å²) in [7, 11) is 0. The van der Waals surface area contributed by atoms with Gasteiger partial charge in [0.2, 0.25) is 0 Å². The molecule has 3 aromatic carbocycles. The Bertz CT molecular complexity index is 1110. The van der Waals surface area contributed by atoms with E-state index in [-0.39, 0.29) is 12.5 Å². The van der Waals surface area contributed by atoms with Gasteiger partial charge in [-0.1, -0.05) is 63.4 Å². The maximum atomic E-state index is 12.4. The van der Waals surface area contributed by atoms with Crippen LogP contribution in [0.4, 0.5) is 5.69 Å². The van der Waals surface area contributed by atoms with Crippen molar-refractivity contribution >= 4 is 62.4 Å². The zero-order valence-corrected chi connectivity index (χ0v) is 17.6. The second-order valence-corrected chi connectivity index (χ2v) is 8.02. The van der Waals surface area contributed by atoms with Crippen molar-refractivity contribution < 1.29 is 9.53 Å². The molecule has 1 aliphatic heterocycles. The van der Waals surface area contributed by atoms with Crippen LogP contribution in [0.15, 0.2) is 65.1 Å². The third-order valence-electron chi connectivity index (χ3n) is 4.38. The number of rotatable bonds is 4. The quantitative estimate of drug-likeness (QED) is 0.421. The van der Waals surface area contributed by atoms with Gasteiger partial charge in [0.05, 0.1) is 0 Å². The lowest BCUT2D eigenvalue weighted by molar-refractivity contribution is -0.110. The third kappa shape index (κ3) is 3.95. The van der Waals surface area contributed by atoms with Crippen molar-refractivity contribution in [1.82, 2.24) is 0 Å². The molecular formula is C22H14BrCl2NO2. The largest absolute Gasteiger partial charge is 0.488 e. The third-order valence-corrected chi connectivity index (χ3v) is 5.46. The lowest BCUT2D eigenvalue weighted by Gasteiger charge is -2.12. The summed E-state index contributed by atoms with van der Waals surface area (Å²) in [5, 5.41) is 4.01. The molecule has 1 amide bonds. The van der Waals surface area contributed by atoms with Crippen molar-refractivity contribution in [2.45, 2.75) is 6.61 Å². The number of nitrogens with one attached hydrogen (secondary N) is 1. The second-order valence-electron chi connectivity index (χ2n) is 6.26. The number of carbonyl (C=O) groups is 1. The molecule has 0 bridgehead atoms. The monoisotopic (exact) mass is 473 g/mol. The summed E-state index contributed by atoms with van der Waals surface area (Å²) in [5.74, 6) is 0.520. The van der Waals surface area contributed by atoms with E-state index >= 15 is 0 Å². The maximum Gasteiger partial charge on any atom is 0.256 e. The summed E-state index contributed by atoms with van der Waals surface area (Å²) in [6.07, 6.45) is 1.84. The Balaban J connectivity index is 1.67. The number of carbonyl (C=O) groups excluding carboxylic acids is 1. The first-order valence-electron chi connectivity index (χ1n) is 8.50. The Labute approximate surface area is 181 Å². The van der Waals surface area contributed by atoms with Gasteiger partial charge in [0, 0.05) is 42.5 Å². The van der Waals surface area contributed by atoms with Gasteiger partial charge in [-0.2, -0.15) is 0 Å². The van der Waals surface area contributed by atoms with E-state index in [9.17, 15) is 4.79 Å². The van der Waals surface area contributed by atoms with Crippen LogP contribution in [-0.4, -0.2) is 5.91 Å². The van der Waals surface area contributed by atoms with Crippen molar-refractivity contribution in [3.05, 3.63) is 91.9 Å². The molecule has 1 heterocycles. The van der Waals surface area contributed by atoms with Gasteiger partial charge < -0.3 is 10.1 Å². The first-order valence-corrected chi connectivity index (χ1v) is 10.0. The molecule has 0 fully saturated rings. The van der Waals surface area contributed by atoms with Gasteiger partial charge in [-0.25, -0.2) is 0 Å². The molecule has 4 rings (SSSR count). The molecule has 0 atom stereocenters. The minimum atomic E-state index is -0.132. The number of fused-ring (bicyclic) bond motifs is 1. The molecule has 0 spiro atoms. The lowest BCUT2D eigenvalue weighted by Crippen LogP contribution is -2.04. The van der Waals surface area contributed by atoms with Gasteiger partial charge in [0.15, 0.2) is 0 Å². The summed E-state index contributed by atoms with van der Waals surface area (Å²) in [6.45, 7) is 0.288. The van der Waals surface area contributed by atoms with E-state index in [0.29, 0.717) is 21.4 Å². The van der Waals surface area contributed by atoms with Crippen LogP contribution in [0.2, 0.25) is 10.0 Å². The first kappa shape index (κ1) is 19.1. The number of amides is 1. The Morgan fingerprint density at radius 2 is 1.86 bits per heavy atom. The fourth-order valence-electron chi connectivity index (χ4n) is 3.00. The van der Waals surface area contributed by atoms with Crippen LogP contribution < -0.4 is 10.1 Å². The van der Waals surface area contributed by atoms with Gasteiger partial charge in [-0.3, -0.25) is 4.79 Å². The smallest absolute Gasteiger partial charge is 0.256 e. The standard InChI is InChI=1S/C22H14BrCl2NO2/c23-15-6-8-21(28-12-13-5-7-16(24)11-19(13)25)14(9-15)10-18-17-3-1-2-4-20(17)26-22(18)27/h1-11H,12H2,(H,26,27)/b18-10-. The average Bonchev–Trinajstić information content (AvgIpc) is 2.98. The van der Waals surface area contributed by atoms with E-state index in [1.807, 2.05) is 54.6 Å². The summed E-state index contributed by atoms with van der Waals surface area (Å²) in [5.41, 5.74) is 3.91. The molecule has 1 aliphatic rings. The molecule has 140 valence electrons. The predicted molar refractivity (Wildman–Crippen MR) is 118 cm³/mol. The molecule has 3 nitrogen and oxygen atoms in total. The summed E-state index contributed by atoms with van der Waals surface area (Å²) < 4.78 is 6.90. The van der Waals surface area contributed by atoms with E-state index in [1.165, 1.54) is 0 Å². The lowest BCUT2D eigenvalue weighted by atomic mass is 10.0. The molecule has 0 radical (unpaired) electrons. The molecular weight excluding hydrogens is 461 g/mol. The summed E-state index contributed by atoms with van der Waals surface area (Å²) in [6, 6.07) is 18.6. The highest BCUT2D eigenvalue weighted by molar-refractivity contribution is 9.10. The zero-order chi connectivity index (χ0) is 19.7. The summed E-state index contributed by atoms with van der Waals surface area (Å²) >= 11 is 15.7. The molecule has 3 aromatic rings. The van der Waals surface area contributed by atoms with Gasteiger partial charge in [-0.05, 0) is 42.5 Å². The minimum absolute atomic E-state index is 0.132. The van der Waals surface area contributed by atoms with Crippen LogP contribution in [0.5, 0.6) is 5.75 Å². The molecule has 0 aromatic heterocycles. The molecule has 0 saturated carbocycles. The maximum absolute atomic E-state index is 12.4. The van der Waals surface area contributed by atoms with E-state index < -0.39 is 0 Å². The fraction of sp³-hybridized carbons (Fsp3) is 0.0455. The number of anilines is 1. The topological polar surface area (TPSA) is 38.3 Å². The van der Waals surface area contributed by atoms with Gasteiger partial charge in [0.25, 0.3) is 5.91 Å². The minimum Gasteiger partial charge on any atom is -0.488 e. The van der Waals surface area contributed by atoms with Crippen LogP contribution in [0.25, 0.3) is 11.6 Å². The molecule has 28 heavy (non-hydrogen) atoms. The fourth-order valence-corrected chi connectivity index (χ4v) is 3.84. The highest BCUT2D eigenvalue weighted by atomic mass is 79.9. The number of hydrogen-bond acceptors (Lipinski definition) is 2. The van der Waals surface area contributed by atoms with Gasteiger partial charge in [0.1, 0.15) is 12.4 Å². The van der Waals surface area contributed by atoms with E-state index in [1.54, 1.807) is 12.1 Å². The zero-order valence-electron chi connectivity index (χ0n) is 14.5. The number of para-hydroxylation sites is 1. The molecule has 0 saturated heterocycles. The van der Waals surface area contributed by atoms with Gasteiger partial charge in [-0.15, -0.1) is 0 Å². The highest BCUT2D eigenvalue weighted by Gasteiger charge is 2.23. The van der Waals surface area contributed by atoms with Crippen LogP contribution in [0, 0.1) is 0 Å². The predicted octanol–water partition coefficient (Wildman–Crippen LogP) is 6.83. The van der Waals surface area contributed by atoms with Crippen molar-refractivity contribution in [3.8, 4) is 5.75 Å². The Kier molecular flexibility index (Phi) is 5.44. The van der Waals surface area contributed by atoms with E-state index in [4.69, 9.17) is 27.9 Å². The Morgan fingerprint density at radius 1 is 1.04 bits per heavy atom. The highest BCUT2D eigenvalue weighted by Crippen LogP contribution is 2.35. The van der Waals surface area contributed by atoms with Crippen LogP contribution in [0.3, 0.4) is 0 Å². The average molecular weight is 475 g/mol. The second kappa shape index (κ2) is 8.00. The first-order chi connectivity index (χ1) is 13.5. The molecule has 1 N–H and O–H groups in total. The number of benzene rings is 3. The van der Waals surface area contributed by atoms with E-state index in [2.05, 4.69) is 21.2 Å². The number of hydrogen-bond donors (Lipinski definition) is 1. The van der Waals surface area contributed by atoms with Crippen LogP contribution >= 0.6 is 39.1 Å². The summed E-state index contributed by atoms with van der Waals surface area (Å²) in [4.78, 5) is 12.4. The van der Waals surface area contributed by atoms with Crippen molar-refractivity contribution in [1.29, 1.82) is 0 Å². The molecule has 0 unspecified atom stereocenters. The van der Waals surface area contributed by atoms with E-state index in [0.717, 1.165) is 26.9 Å². The SMILES string of the molecule is O=C1Nc2ccccc2/C1=C/c1cc(Br)ccc1OCc1ccc(Cl)cc1Cl. The van der Waals surface area contributed by atoms with Crippen molar-refractivity contribution in [3.63, 3.8) is 0 Å².